The topological polar surface area (TPSA) is 102 Å². The molecule has 1 N–H and O–H groups in total. The molecule has 0 aliphatic rings. The number of nitro benzene ring substituents is 1. The Hall–Kier alpha value is -3.59. The lowest BCUT2D eigenvalue weighted by Gasteiger charge is -2.03. The maximum absolute atomic E-state index is 12.5. The van der Waals surface area contributed by atoms with Gasteiger partial charge in [0, 0.05) is 47.7 Å². The fourth-order valence-corrected chi connectivity index (χ4v) is 3.71. The Kier molecular flexibility index (Phi) is 4.13. The number of imidazole rings is 1. The summed E-state index contributed by atoms with van der Waals surface area (Å²) in [5, 5.41) is 13.8. The minimum Gasteiger partial charge on any atom is -0.321 e. The zero-order valence-electron chi connectivity index (χ0n) is 14.1. The van der Waals surface area contributed by atoms with E-state index in [1.165, 1.54) is 23.5 Å². The zero-order valence-corrected chi connectivity index (χ0v) is 14.9. The molecule has 0 bridgehead atoms. The average Bonchev–Trinajstić information content (AvgIpc) is 3.22. The number of fused-ring (bicyclic) bond motifs is 1. The summed E-state index contributed by atoms with van der Waals surface area (Å²) >= 11 is 1.27. The van der Waals surface area contributed by atoms with Gasteiger partial charge in [0.05, 0.1) is 10.6 Å². The molecular formula is C18H13N5O3S. The van der Waals surface area contributed by atoms with Crippen LogP contribution >= 0.6 is 11.3 Å². The van der Waals surface area contributed by atoms with E-state index in [9.17, 15) is 14.9 Å². The lowest BCUT2D eigenvalue weighted by molar-refractivity contribution is -0.384. The van der Waals surface area contributed by atoms with Crippen LogP contribution in [0.1, 0.15) is 15.4 Å². The molecule has 0 fully saturated rings. The minimum atomic E-state index is -0.436. The van der Waals surface area contributed by atoms with Gasteiger partial charge in [-0.25, -0.2) is 4.98 Å². The number of amides is 1. The van der Waals surface area contributed by atoms with Crippen molar-refractivity contribution < 1.29 is 9.72 Å². The first kappa shape index (κ1) is 16.9. The van der Waals surface area contributed by atoms with Crippen LogP contribution in [0.3, 0.4) is 0 Å². The fraction of sp³-hybridized carbons (Fsp3) is 0.0556. The van der Waals surface area contributed by atoms with Gasteiger partial charge in [0.2, 0.25) is 0 Å². The highest BCUT2D eigenvalue weighted by atomic mass is 32.1. The normalized spacial score (nSPS) is 10.9. The zero-order chi connectivity index (χ0) is 19.0. The molecule has 0 saturated carbocycles. The Balaban J connectivity index is 1.67. The summed E-state index contributed by atoms with van der Waals surface area (Å²) in [5.41, 5.74) is 2.71. The van der Waals surface area contributed by atoms with Crippen molar-refractivity contribution in [2.75, 3.05) is 5.32 Å². The molecule has 0 aliphatic carbocycles. The summed E-state index contributed by atoms with van der Waals surface area (Å²) in [6, 6.07) is 9.75. The first-order valence-electron chi connectivity index (χ1n) is 7.97. The molecule has 0 atom stereocenters. The van der Waals surface area contributed by atoms with E-state index in [2.05, 4.69) is 15.3 Å². The molecule has 0 saturated heterocycles. The molecule has 0 aliphatic heterocycles. The Morgan fingerprint density at radius 1 is 1.26 bits per heavy atom. The SMILES string of the molecule is Cc1c(C(=O)Nc2ccncc2)sc2nc(-c3cccc([N+](=O)[O-])c3)cn12. The number of thiazole rings is 1. The molecule has 3 aromatic heterocycles. The van der Waals surface area contributed by atoms with Crippen molar-refractivity contribution in [3.05, 3.63) is 75.7 Å². The number of aryl methyl sites for hydroxylation is 1. The summed E-state index contributed by atoms with van der Waals surface area (Å²) in [5.74, 6) is -0.217. The fourth-order valence-electron chi connectivity index (χ4n) is 2.70. The van der Waals surface area contributed by atoms with Crippen molar-refractivity contribution in [3.63, 3.8) is 0 Å². The highest BCUT2D eigenvalue weighted by Crippen LogP contribution is 2.29. The largest absolute Gasteiger partial charge is 0.321 e. The van der Waals surface area contributed by atoms with Gasteiger partial charge in [-0.3, -0.25) is 24.3 Å². The van der Waals surface area contributed by atoms with Gasteiger partial charge < -0.3 is 5.32 Å². The van der Waals surface area contributed by atoms with E-state index in [4.69, 9.17) is 0 Å². The number of nitrogens with zero attached hydrogens (tertiary/aromatic N) is 4. The van der Waals surface area contributed by atoms with Crippen molar-refractivity contribution in [3.8, 4) is 11.3 Å². The van der Waals surface area contributed by atoms with Crippen LogP contribution < -0.4 is 5.32 Å². The third kappa shape index (κ3) is 3.15. The van der Waals surface area contributed by atoms with Gasteiger partial charge in [-0.05, 0) is 19.1 Å². The van der Waals surface area contributed by atoms with E-state index in [-0.39, 0.29) is 11.6 Å². The number of carbonyl (C=O) groups excluding carboxylic acids is 1. The van der Waals surface area contributed by atoms with Crippen LogP contribution in [0.5, 0.6) is 0 Å². The predicted molar refractivity (Wildman–Crippen MR) is 102 cm³/mol. The summed E-state index contributed by atoms with van der Waals surface area (Å²) in [4.78, 5) is 32.7. The molecule has 0 radical (unpaired) electrons. The predicted octanol–water partition coefficient (Wildman–Crippen LogP) is 3.93. The quantitative estimate of drug-likeness (QED) is 0.427. The molecule has 27 heavy (non-hydrogen) atoms. The summed E-state index contributed by atoms with van der Waals surface area (Å²) in [6.07, 6.45) is 4.99. The maximum Gasteiger partial charge on any atom is 0.270 e. The highest BCUT2D eigenvalue weighted by Gasteiger charge is 2.19. The number of non-ortho nitro benzene ring substituents is 1. The van der Waals surface area contributed by atoms with Crippen LogP contribution in [-0.4, -0.2) is 25.2 Å². The number of rotatable bonds is 4. The smallest absolute Gasteiger partial charge is 0.270 e. The monoisotopic (exact) mass is 379 g/mol. The van der Waals surface area contributed by atoms with Crippen LogP contribution in [-0.2, 0) is 0 Å². The second kappa shape index (κ2) is 6.61. The molecule has 4 aromatic rings. The molecule has 9 heteroatoms. The van der Waals surface area contributed by atoms with E-state index in [1.807, 2.05) is 11.3 Å². The minimum absolute atomic E-state index is 0.0120. The molecular weight excluding hydrogens is 366 g/mol. The van der Waals surface area contributed by atoms with Crippen LogP contribution in [0.15, 0.2) is 55.0 Å². The molecule has 3 heterocycles. The third-order valence-corrected chi connectivity index (χ3v) is 5.21. The molecule has 8 nitrogen and oxygen atoms in total. The van der Waals surface area contributed by atoms with E-state index in [1.54, 1.807) is 42.9 Å². The van der Waals surface area contributed by atoms with Crippen molar-refractivity contribution in [2.24, 2.45) is 0 Å². The van der Waals surface area contributed by atoms with Crippen LogP contribution in [0.25, 0.3) is 16.2 Å². The van der Waals surface area contributed by atoms with Crippen LogP contribution in [0.2, 0.25) is 0 Å². The molecule has 1 amide bonds. The Morgan fingerprint density at radius 2 is 2.04 bits per heavy atom. The lowest BCUT2D eigenvalue weighted by Crippen LogP contribution is -2.11. The van der Waals surface area contributed by atoms with E-state index in [0.717, 1.165) is 5.69 Å². The standard InChI is InChI=1S/C18H13N5O3S/c1-11-16(17(24)20-13-5-7-19-8-6-13)27-18-21-15(10-22(11)18)12-3-2-4-14(9-12)23(25)26/h2-10H,1H3,(H,19,20,24). The van der Waals surface area contributed by atoms with E-state index < -0.39 is 4.92 Å². The Morgan fingerprint density at radius 3 is 2.74 bits per heavy atom. The van der Waals surface area contributed by atoms with Crippen LogP contribution in [0, 0.1) is 17.0 Å². The van der Waals surface area contributed by atoms with Gasteiger partial charge in [0.1, 0.15) is 4.88 Å². The second-order valence-corrected chi connectivity index (χ2v) is 6.77. The molecule has 0 spiro atoms. The lowest BCUT2D eigenvalue weighted by atomic mass is 10.1. The van der Waals surface area contributed by atoms with Gasteiger partial charge >= 0.3 is 0 Å². The highest BCUT2D eigenvalue weighted by molar-refractivity contribution is 7.19. The van der Waals surface area contributed by atoms with Gasteiger partial charge in [0.15, 0.2) is 4.96 Å². The van der Waals surface area contributed by atoms with Gasteiger partial charge in [-0.1, -0.05) is 23.5 Å². The average molecular weight is 379 g/mol. The van der Waals surface area contributed by atoms with Gasteiger partial charge in [0.25, 0.3) is 11.6 Å². The number of pyridine rings is 1. The Labute approximate surface area is 157 Å². The molecule has 0 unspecified atom stereocenters. The van der Waals surface area contributed by atoms with Gasteiger partial charge in [-0.2, -0.15) is 0 Å². The number of anilines is 1. The number of hydrogen-bond donors (Lipinski definition) is 1. The van der Waals surface area contributed by atoms with Gasteiger partial charge in [-0.15, -0.1) is 0 Å². The number of nitro groups is 1. The van der Waals surface area contributed by atoms with E-state index in [0.29, 0.717) is 26.8 Å². The maximum atomic E-state index is 12.5. The first-order valence-corrected chi connectivity index (χ1v) is 8.79. The summed E-state index contributed by atoms with van der Waals surface area (Å²) in [6.45, 7) is 1.84. The van der Waals surface area contributed by atoms with Crippen LogP contribution in [0.4, 0.5) is 11.4 Å². The molecule has 1 aromatic carbocycles. The number of nitrogens with one attached hydrogen (secondary N) is 1. The van der Waals surface area contributed by atoms with Crippen molar-refractivity contribution in [1.82, 2.24) is 14.4 Å². The third-order valence-electron chi connectivity index (χ3n) is 4.05. The Bertz CT molecular complexity index is 1170. The molecule has 134 valence electrons. The molecule has 4 rings (SSSR count). The number of aromatic nitrogens is 3. The second-order valence-electron chi connectivity index (χ2n) is 5.79. The number of carbonyl (C=O) groups is 1. The van der Waals surface area contributed by atoms with Crippen molar-refractivity contribution in [1.29, 1.82) is 0 Å². The number of benzene rings is 1. The van der Waals surface area contributed by atoms with Crippen molar-refractivity contribution >= 4 is 33.6 Å². The summed E-state index contributed by atoms with van der Waals surface area (Å²) in [7, 11) is 0. The van der Waals surface area contributed by atoms with Crippen molar-refractivity contribution in [2.45, 2.75) is 6.92 Å². The number of hydrogen-bond acceptors (Lipinski definition) is 6. The summed E-state index contributed by atoms with van der Waals surface area (Å²) < 4.78 is 1.82. The first-order chi connectivity index (χ1) is 13.0. The van der Waals surface area contributed by atoms with E-state index >= 15 is 0 Å².